The van der Waals surface area contributed by atoms with Crippen LogP contribution in [-0.4, -0.2) is 17.7 Å². The molecule has 3 nitrogen and oxygen atoms in total. The largest absolute Gasteiger partial charge is 0.494 e. The maximum atomic E-state index is 10.9. The van der Waals surface area contributed by atoms with Gasteiger partial charge in [-0.3, -0.25) is 4.79 Å². The highest BCUT2D eigenvalue weighted by molar-refractivity contribution is 6.30. The second-order valence-electron chi connectivity index (χ2n) is 5.66. The van der Waals surface area contributed by atoms with Crippen LogP contribution < -0.4 is 4.74 Å². The van der Waals surface area contributed by atoms with Crippen LogP contribution in [-0.2, 0) is 4.79 Å². The zero-order valence-corrected chi connectivity index (χ0v) is 12.9. The third-order valence-corrected chi connectivity index (χ3v) is 3.61. The van der Waals surface area contributed by atoms with Crippen molar-refractivity contribution < 1.29 is 14.6 Å². The summed E-state index contributed by atoms with van der Waals surface area (Å²) >= 11 is 5.79. The molecule has 0 aliphatic heterocycles. The molecular formula is C16H23ClO3. The van der Waals surface area contributed by atoms with Crippen LogP contribution in [0.15, 0.2) is 24.3 Å². The molecule has 0 amide bonds. The van der Waals surface area contributed by atoms with Crippen molar-refractivity contribution in [1.82, 2.24) is 0 Å². The molecule has 20 heavy (non-hydrogen) atoms. The van der Waals surface area contributed by atoms with Crippen molar-refractivity contribution in [2.24, 2.45) is 5.41 Å². The average molecular weight is 299 g/mol. The third kappa shape index (κ3) is 6.29. The van der Waals surface area contributed by atoms with E-state index in [1.807, 2.05) is 24.3 Å². The van der Waals surface area contributed by atoms with Gasteiger partial charge >= 0.3 is 5.97 Å². The van der Waals surface area contributed by atoms with E-state index in [0.717, 1.165) is 37.9 Å². The first kappa shape index (κ1) is 16.8. The van der Waals surface area contributed by atoms with Crippen LogP contribution in [0.2, 0.25) is 5.02 Å². The predicted octanol–water partition coefficient (Wildman–Crippen LogP) is 4.78. The van der Waals surface area contributed by atoms with Gasteiger partial charge in [0, 0.05) is 5.02 Å². The lowest BCUT2D eigenvalue weighted by Crippen LogP contribution is -2.23. The van der Waals surface area contributed by atoms with Crippen LogP contribution in [0.4, 0.5) is 0 Å². The van der Waals surface area contributed by atoms with Crippen molar-refractivity contribution in [2.45, 2.75) is 46.0 Å². The number of ether oxygens (including phenoxy) is 1. The fourth-order valence-electron chi connectivity index (χ4n) is 1.85. The van der Waals surface area contributed by atoms with Crippen molar-refractivity contribution in [3.05, 3.63) is 29.3 Å². The summed E-state index contributed by atoms with van der Waals surface area (Å²) in [6.45, 7) is 4.24. The van der Waals surface area contributed by atoms with Gasteiger partial charge in [-0.1, -0.05) is 30.9 Å². The average Bonchev–Trinajstić information content (AvgIpc) is 2.39. The highest BCUT2D eigenvalue weighted by Gasteiger charge is 2.25. The van der Waals surface area contributed by atoms with E-state index in [4.69, 9.17) is 21.4 Å². The Kier molecular flexibility index (Phi) is 6.86. The fourth-order valence-corrected chi connectivity index (χ4v) is 1.98. The molecule has 0 radical (unpaired) electrons. The first-order chi connectivity index (χ1) is 9.42. The third-order valence-electron chi connectivity index (χ3n) is 3.36. The smallest absolute Gasteiger partial charge is 0.309 e. The van der Waals surface area contributed by atoms with Crippen LogP contribution in [0.1, 0.15) is 46.0 Å². The standard InChI is InChI=1S/C16H23ClO3/c1-16(2,15(18)19)11-5-3-4-6-12-20-14-9-7-13(17)8-10-14/h7-10H,3-6,11-12H2,1-2H3,(H,18,19). The van der Waals surface area contributed by atoms with Gasteiger partial charge in [-0.15, -0.1) is 0 Å². The number of hydrogen-bond acceptors (Lipinski definition) is 2. The number of unbranched alkanes of at least 4 members (excludes halogenated alkanes) is 3. The van der Waals surface area contributed by atoms with Crippen molar-refractivity contribution in [2.75, 3.05) is 6.61 Å². The summed E-state index contributed by atoms with van der Waals surface area (Å²) in [5, 5.41) is 9.71. The van der Waals surface area contributed by atoms with E-state index in [0.29, 0.717) is 11.6 Å². The Hall–Kier alpha value is -1.22. The summed E-state index contributed by atoms with van der Waals surface area (Å²) in [5.74, 6) is 0.116. The number of rotatable bonds is 9. The summed E-state index contributed by atoms with van der Waals surface area (Å²) < 4.78 is 5.59. The van der Waals surface area contributed by atoms with Crippen LogP contribution in [0.3, 0.4) is 0 Å². The highest BCUT2D eigenvalue weighted by atomic mass is 35.5. The summed E-state index contributed by atoms with van der Waals surface area (Å²) in [6.07, 6.45) is 4.75. The van der Waals surface area contributed by atoms with Crippen LogP contribution in [0.5, 0.6) is 5.75 Å². The Morgan fingerprint density at radius 3 is 2.35 bits per heavy atom. The van der Waals surface area contributed by atoms with E-state index in [1.165, 1.54) is 0 Å². The maximum absolute atomic E-state index is 10.9. The molecular weight excluding hydrogens is 276 g/mol. The molecule has 0 aromatic heterocycles. The number of carboxylic acid groups (broad SMARTS) is 1. The number of halogens is 1. The SMILES string of the molecule is CC(C)(CCCCCCOc1ccc(Cl)cc1)C(=O)O. The maximum Gasteiger partial charge on any atom is 0.309 e. The van der Waals surface area contributed by atoms with E-state index >= 15 is 0 Å². The van der Waals surface area contributed by atoms with E-state index in [1.54, 1.807) is 13.8 Å². The summed E-state index contributed by atoms with van der Waals surface area (Å²) in [4.78, 5) is 10.9. The Bertz CT molecular complexity index is 412. The molecule has 0 unspecified atom stereocenters. The minimum Gasteiger partial charge on any atom is -0.494 e. The fraction of sp³-hybridized carbons (Fsp3) is 0.562. The van der Waals surface area contributed by atoms with Gasteiger partial charge in [-0.05, 0) is 51.0 Å². The molecule has 0 aliphatic rings. The van der Waals surface area contributed by atoms with Crippen molar-refractivity contribution in [3.63, 3.8) is 0 Å². The zero-order chi connectivity index (χ0) is 15.0. The highest BCUT2D eigenvalue weighted by Crippen LogP contribution is 2.24. The quantitative estimate of drug-likeness (QED) is 0.667. The van der Waals surface area contributed by atoms with Gasteiger partial charge in [0.2, 0.25) is 0 Å². The second kappa shape index (κ2) is 8.15. The zero-order valence-electron chi connectivity index (χ0n) is 12.2. The lowest BCUT2D eigenvalue weighted by molar-refractivity contribution is -0.147. The summed E-state index contributed by atoms with van der Waals surface area (Å²) in [7, 11) is 0. The molecule has 1 N–H and O–H groups in total. The summed E-state index contributed by atoms with van der Waals surface area (Å²) in [6, 6.07) is 7.34. The van der Waals surface area contributed by atoms with Gasteiger partial charge in [0.1, 0.15) is 5.75 Å². The second-order valence-corrected chi connectivity index (χ2v) is 6.09. The molecule has 0 saturated carbocycles. The van der Waals surface area contributed by atoms with Crippen molar-refractivity contribution in [1.29, 1.82) is 0 Å². The minimum atomic E-state index is -0.719. The number of aliphatic carboxylic acids is 1. The van der Waals surface area contributed by atoms with Gasteiger partial charge in [0.25, 0.3) is 0 Å². The van der Waals surface area contributed by atoms with Crippen LogP contribution in [0.25, 0.3) is 0 Å². The Morgan fingerprint density at radius 2 is 1.75 bits per heavy atom. The molecule has 0 bridgehead atoms. The van der Waals surface area contributed by atoms with Gasteiger partial charge < -0.3 is 9.84 Å². The van der Waals surface area contributed by atoms with Crippen molar-refractivity contribution >= 4 is 17.6 Å². The lowest BCUT2D eigenvalue weighted by Gasteiger charge is -2.18. The number of hydrogen-bond donors (Lipinski definition) is 1. The topological polar surface area (TPSA) is 46.5 Å². The van der Waals surface area contributed by atoms with E-state index < -0.39 is 11.4 Å². The first-order valence-electron chi connectivity index (χ1n) is 7.03. The minimum absolute atomic E-state index is 0.611. The molecule has 0 heterocycles. The molecule has 1 aromatic rings. The van der Waals surface area contributed by atoms with E-state index in [2.05, 4.69) is 0 Å². The molecule has 1 aromatic carbocycles. The molecule has 0 saturated heterocycles. The molecule has 0 atom stereocenters. The van der Waals surface area contributed by atoms with Crippen LogP contribution >= 0.6 is 11.6 Å². The molecule has 0 spiro atoms. The monoisotopic (exact) mass is 298 g/mol. The summed E-state index contributed by atoms with van der Waals surface area (Å²) in [5.41, 5.74) is -0.611. The van der Waals surface area contributed by atoms with Gasteiger partial charge in [0.05, 0.1) is 12.0 Å². The Morgan fingerprint density at radius 1 is 1.15 bits per heavy atom. The van der Waals surface area contributed by atoms with Gasteiger partial charge in [0.15, 0.2) is 0 Å². The van der Waals surface area contributed by atoms with Crippen LogP contribution in [0, 0.1) is 5.41 Å². The lowest BCUT2D eigenvalue weighted by atomic mass is 9.87. The number of carboxylic acids is 1. The van der Waals surface area contributed by atoms with Gasteiger partial charge in [-0.25, -0.2) is 0 Å². The Labute approximate surface area is 125 Å². The normalized spacial score (nSPS) is 11.3. The molecule has 112 valence electrons. The van der Waals surface area contributed by atoms with Crippen molar-refractivity contribution in [3.8, 4) is 5.75 Å². The van der Waals surface area contributed by atoms with E-state index in [9.17, 15) is 4.79 Å². The molecule has 4 heteroatoms. The predicted molar refractivity (Wildman–Crippen MR) is 81.4 cm³/mol. The van der Waals surface area contributed by atoms with Gasteiger partial charge in [-0.2, -0.15) is 0 Å². The molecule has 1 rings (SSSR count). The Balaban J connectivity index is 2.05. The molecule has 0 fully saturated rings. The number of carbonyl (C=O) groups is 1. The van der Waals surface area contributed by atoms with E-state index in [-0.39, 0.29) is 0 Å². The molecule has 0 aliphatic carbocycles. The number of benzene rings is 1. The first-order valence-corrected chi connectivity index (χ1v) is 7.41.